The third kappa shape index (κ3) is 3.07. The Labute approximate surface area is 125 Å². The topological polar surface area (TPSA) is 90.2 Å². The zero-order valence-electron chi connectivity index (χ0n) is 10.3. The highest BCUT2D eigenvalue weighted by atomic mass is 35.5. The minimum atomic E-state index is -4.25. The van der Waals surface area contributed by atoms with Crippen LogP contribution in [0.15, 0.2) is 41.3 Å². The number of phenols is 1. The second kappa shape index (κ2) is 5.60. The molecule has 2 rings (SSSR count). The fourth-order valence-electron chi connectivity index (χ4n) is 1.63. The highest BCUT2D eigenvalue weighted by molar-refractivity contribution is 7.92. The Bertz CT molecular complexity index is 847. The van der Waals surface area contributed by atoms with Crippen molar-refractivity contribution in [2.24, 2.45) is 0 Å². The molecule has 0 saturated heterocycles. The van der Waals surface area contributed by atoms with Crippen molar-refractivity contribution >= 4 is 27.3 Å². The van der Waals surface area contributed by atoms with Crippen molar-refractivity contribution < 1.29 is 17.9 Å². The second-order valence-corrected chi connectivity index (χ2v) is 6.08. The van der Waals surface area contributed by atoms with Gasteiger partial charge in [0.2, 0.25) is 0 Å². The maximum absolute atomic E-state index is 13.5. The van der Waals surface area contributed by atoms with Crippen molar-refractivity contribution in [3.05, 3.63) is 52.8 Å². The summed E-state index contributed by atoms with van der Waals surface area (Å²) in [5.41, 5.74) is -0.776. The number of aromatic hydroxyl groups is 1. The molecule has 0 bridgehead atoms. The summed E-state index contributed by atoms with van der Waals surface area (Å²) >= 11 is 5.72. The summed E-state index contributed by atoms with van der Waals surface area (Å²) in [6, 6.07) is 8.51. The monoisotopic (exact) mass is 326 g/mol. The Kier molecular flexibility index (Phi) is 4.02. The molecule has 0 atom stereocenters. The average molecular weight is 327 g/mol. The van der Waals surface area contributed by atoms with E-state index in [-0.39, 0.29) is 16.5 Å². The van der Waals surface area contributed by atoms with Crippen molar-refractivity contribution in [2.45, 2.75) is 4.90 Å². The Morgan fingerprint density at radius 3 is 2.67 bits per heavy atom. The van der Waals surface area contributed by atoms with Gasteiger partial charge in [-0.25, -0.2) is 12.8 Å². The maximum atomic E-state index is 13.5. The lowest BCUT2D eigenvalue weighted by molar-refractivity contribution is 0.477. The van der Waals surface area contributed by atoms with Crippen LogP contribution in [0.5, 0.6) is 5.75 Å². The van der Waals surface area contributed by atoms with E-state index in [4.69, 9.17) is 16.9 Å². The highest BCUT2D eigenvalue weighted by Crippen LogP contribution is 2.29. The summed E-state index contributed by atoms with van der Waals surface area (Å²) in [4.78, 5) is -0.524. The first-order valence-corrected chi connectivity index (χ1v) is 7.41. The van der Waals surface area contributed by atoms with Crippen LogP contribution in [0.1, 0.15) is 5.56 Å². The minimum absolute atomic E-state index is 0.171. The number of anilines is 1. The van der Waals surface area contributed by atoms with Crippen LogP contribution in [0.25, 0.3) is 0 Å². The fraction of sp³-hybridized carbons (Fsp3) is 0. The fourth-order valence-corrected chi connectivity index (χ4v) is 3.03. The number of rotatable bonds is 3. The molecule has 21 heavy (non-hydrogen) atoms. The molecule has 0 heterocycles. The predicted octanol–water partition coefficient (Wildman–Crippen LogP) is 2.86. The molecule has 0 aliphatic heterocycles. The quantitative estimate of drug-likeness (QED) is 0.849. The Morgan fingerprint density at radius 1 is 1.29 bits per heavy atom. The van der Waals surface area contributed by atoms with Crippen molar-refractivity contribution in [1.29, 1.82) is 5.26 Å². The molecule has 108 valence electrons. The van der Waals surface area contributed by atoms with E-state index in [0.29, 0.717) is 0 Å². The Balaban J connectivity index is 2.52. The number of benzene rings is 2. The van der Waals surface area contributed by atoms with Gasteiger partial charge in [0.25, 0.3) is 10.0 Å². The zero-order valence-corrected chi connectivity index (χ0v) is 11.9. The third-order valence-electron chi connectivity index (χ3n) is 2.58. The first-order chi connectivity index (χ1) is 9.85. The van der Waals surface area contributed by atoms with Gasteiger partial charge < -0.3 is 5.11 Å². The van der Waals surface area contributed by atoms with Crippen LogP contribution >= 0.6 is 11.6 Å². The molecule has 2 N–H and O–H groups in total. The summed E-state index contributed by atoms with van der Waals surface area (Å²) in [5, 5.41) is 18.7. The van der Waals surface area contributed by atoms with Crippen molar-refractivity contribution in [3.63, 3.8) is 0 Å². The minimum Gasteiger partial charge on any atom is -0.506 e. The third-order valence-corrected chi connectivity index (χ3v) is 4.22. The van der Waals surface area contributed by atoms with Crippen LogP contribution in [-0.4, -0.2) is 13.5 Å². The van der Waals surface area contributed by atoms with Crippen molar-refractivity contribution in [3.8, 4) is 11.8 Å². The van der Waals surface area contributed by atoms with Gasteiger partial charge in [0.05, 0.1) is 5.69 Å². The zero-order chi connectivity index (χ0) is 15.6. The average Bonchev–Trinajstić information content (AvgIpc) is 2.42. The molecule has 0 fully saturated rings. The first kappa shape index (κ1) is 15.1. The molecule has 0 spiro atoms. The van der Waals surface area contributed by atoms with Gasteiger partial charge in [0, 0.05) is 5.02 Å². The molecule has 0 aliphatic carbocycles. The number of halogens is 2. The van der Waals surface area contributed by atoms with E-state index in [0.717, 1.165) is 12.1 Å². The summed E-state index contributed by atoms with van der Waals surface area (Å²) in [6.45, 7) is 0. The second-order valence-electron chi connectivity index (χ2n) is 3.99. The molecule has 8 heteroatoms. The number of nitriles is 1. The standard InChI is InChI=1S/C13H8ClFN2O3S/c14-8-4-5-12(18)11(6-8)17-21(19,20)13-3-1-2-10(15)9(13)7-16/h1-6,17-18H. The van der Waals surface area contributed by atoms with Crippen LogP contribution in [0.4, 0.5) is 10.1 Å². The summed E-state index contributed by atoms with van der Waals surface area (Å²) in [5.74, 6) is -1.30. The molecule has 0 aliphatic rings. The molecule has 0 radical (unpaired) electrons. The number of hydrogen-bond acceptors (Lipinski definition) is 4. The smallest absolute Gasteiger partial charge is 0.263 e. The molecule has 2 aromatic carbocycles. The van der Waals surface area contributed by atoms with Crippen LogP contribution in [0.2, 0.25) is 5.02 Å². The lowest BCUT2D eigenvalue weighted by Gasteiger charge is -2.11. The molecule has 2 aromatic rings. The number of nitrogens with one attached hydrogen (secondary N) is 1. The van der Waals surface area contributed by atoms with E-state index in [9.17, 15) is 17.9 Å². The van der Waals surface area contributed by atoms with Crippen LogP contribution < -0.4 is 4.72 Å². The van der Waals surface area contributed by atoms with E-state index >= 15 is 0 Å². The van der Waals surface area contributed by atoms with E-state index in [1.54, 1.807) is 0 Å². The SMILES string of the molecule is N#Cc1c(F)cccc1S(=O)(=O)Nc1cc(Cl)ccc1O. The van der Waals surface area contributed by atoms with Gasteiger partial charge in [-0.2, -0.15) is 5.26 Å². The molecule has 0 amide bonds. The number of sulfonamides is 1. The Morgan fingerprint density at radius 2 is 2.00 bits per heavy atom. The summed E-state index contributed by atoms with van der Waals surface area (Å²) in [7, 11) is -4.25. The molecule has 5 nitrogen and oxygen atoms in total. The van der Waals surface area contributed by atoms with Gasteiger partial charge in [-0.15, -0.1) is 0 Å². The summed E-state index contributed by atoms with van der Waals surface area (Å²) in [6.07, 6.45) is 0. The van der Waals surface area contributed by atoms with Crippen molar-refractivity contribution in [2.75, 3.05) is 4.72 Å². The van der Waals surface area contributed by atoms with Gasteiger partial charge in [-0.05, 0) is 30.3 Å². The normalized spacial score (nSPS) is 10.9. The first-order valence-electron chi connectivity index (χ1n) is 5.55. The van der Waals surface area contributed by atoms with Gasteiger partial charge in [0.1, 0.15) is 28.1 Å². The van der Waals surface area contributed by atoms with E-state index in [1.165, 1.54) is 30.3 Å². The van der Waals surface area contributed by atoms with E-state index in [1.807, 2.05) is 0 Å². The maximum Gasteiger partial charge on any atom is 0.263 e. The molecular weight excluding hydrogens is 319 g/mol. The van der Waals surface area contributed by atoms with E-state index < -0.39 is 26.3 Å². The van der Waals surface area contributed by atoms with Crippen LogP contribution in [0.3, 0.4) is 0 Å². The largest absolute Gasteiger partial charge is 0.506 e. The number of hydrogen-bond donors (Lipinski definition) is 2. The van der Waals surface area contributed by atoms with Gasteiger partial charge in [-0.3, -0.25) is 4.72 Å². The predicted molar refractivity (Wildman–Crippen MR) is 75.0 cm³/mol. The molecule has 0 unspecified atom stereocenters. The van der Waals surface area contributed by atoms with Gasteiger partial charge in [-0.1, -0.05) is 17.7 Å². The highest BCUT2D eigenvalue weighted by Gasteiger charge is 2.22. The lowest BCUT2D eigenvalue weighted by Crippen LogP contribution is -2.15. The number of phenolic OH excluding ortho intramolecular Hbond substituents is 1. The lowest BCUT2D eigenvalue weighted by atomic mass is 10.2. The molecule has 0 saturated carbocycles. The summed E-state index contributed by atoms with van der Waals surface area (Å²) < 4.78 is 40.0. The van der Waals surface area contributed by atoms with Crippen LogP contribution in [0, 0.1) is 17.1 Å². The van der Waals surface area contributed by atoms with Gasteiger partial charge in [0.15, 0.2) is 0 Å². The molecule has 0 aromatic heterocycles. The Hall–Kier alpha value is -2.30. The van der Waals surface area contributed by atoms with E-state index in [2.05, 4.69) is 4.72 Å². The number of nitrogens with zero attached hydrogens (tertiary/aromatic N) is 1. The van der Waals surface area contributed by atoms with Crippen LogP contribution in [-0.2, 0) is 10.0 Å². The molecular formula is C13H8ClFN2O3S. The van der Waals surface area contributed by atoms with Crippen molar-refractivity contribution in [1.82, 2.24) is 0 Å². The van der Waals surface area contributed by atoms with Gasteiger partial charge >= 0.3 is 0 Å².